The van der Waals surface area contributed by atoms with Crippen LogP contribution in [0.5, 0.6) is 0 Å². The summed E-state index contributed by atoms with van der Waals surface area (Å²) < 4.78 is 20.2. The average Bonchev–Trinajstić information content (AvgIpc) is 3.49. The fourth-order valence-electron chi connectivity index (χ4n) is 7.36. The monoisotopic (exact) mass is 656 g/mol. The maximum Gasteiger partial charge on any atom is 0.312 e. The molecule has 2 fully saturated rings. The lowest BCUT2D eigenvalue weighted by atomic mass is 9.70. The molecular weight excluding hydrogens is 596 g/mol. The van der Waals surface area contributed by atoms with Gasteiger partial charge in [-0.15, -0.1) is 0 Å². The lowest BCUT2D eigenvalue weighted by Crippen LogP contribution is -2.62. The summed E-state index contributed by atoms with van der Waals surface area (Å²) in [5.41, 5.74) is -5.29. The second kappa shape index (κ2) is 15.3. The number of nitrogens with zero attached hydrogens (tertiary/aromatic N) is 3. The average molecular weight is 657 g/mol. The van der Waals surface area contributed by atoms with Gasteiger partial charge in [-0.05, 0) is 80.4 Å². The molecule has 0 saturated carbocycles. The number of carbonyl (C=O) groups is 1. The highest BCUT2D eigenvalue weighted by atomic mass is 16.7. The van der Waals surface area contributed by atoms with E-state index in [9.17, 15) is 30.3 Å². The highest BCUT2D eigenvalue weighted by molar-refractivity contribution is 5.74. The second-order valence-corrected chi connectivity index (χ2v) is 14.7. The molecule has 1 aromatic heterocycles. The van der Waals surface area contributed by atoms with Crippen LogP contribution in [0.4, 0.5) is 0 Å². The first-order chi connectivity index (χ1) is 21.3. The minimum absolute atomic E-state index is 0.102. The third-order valence-electron chi connectivity index (χ3n) is 10.4. The molecule has 13 nitrogen and oxygen atoms in total. The Balaban J connectivity index is 2.15. The van der Waals surface area contributed by atoms with Crippen molar-refractivity contribution in [3.8, 4) is 0 Å². The molecular formula is C33H60N4O9. The van der Waals surface area contributed by atoms with Crippen LogP contribution in [0.3, 0.4) is 0 Å². The Morgan fingerprint density at radius 1 is 1.13 bits per heavy atom. The van der Waals surface area contributed by atoms with Crippen molar-refractivity contribution in [1.29, 1.82) is 0 Å². The summed E-state index contributed by atoms with van der Waals surface area (Å²) >= 11 is 0. The number of hydrogen-bond donors (Lipinski definition) is 6. The van der Waals surface area contributed by atoms with E-state index >= 15 is 0 Å². The van der Waals surface area contributed by atoms with E-state index in [1.807, 2.05) is 32.8 Å². The molecule has 0 amide bonds. The largest absolute Gasteiger partial charge is 0.459 e. The number of carbonyl (C=O) groups excluding carboxylic acids is 1. The molecule has 13 heteroatoms. The summed E-state index contributed by atoms with van der Waals surface area (Å²) in [7, 11) is 3.74. The number of aromatic nitrogens is 2. The van der Waals surface area contributed by atoms with E-state index in [-0.39, 0.29) is 37.5 Å². The molecule has 14 atom stereocenters. The Hall–Kier alpha value is -1.68. The van der Waals surface area contributed by atoms with Gasteiger partial charge in [0.05, 0.1) is 36.6 Å². The summed E-state index contributed by atoms with van der Waals surface area (Å²) in [6.45, 7) is 13.9. The van der Waals surface area contributed by atoms with Crippen LogP contribution in [0.25, 0.3) is 0 Å². The van der Waals surface area contributed by atoms with Crippen LogP contribution in [0.1, 0.15) is 74.7 Å². The summed E-state index contributed by atoms with van der Waals surface area (Å²) in [6.07, 6.45) is -0.214. The van der Waals surface area contributed by atoms with Crippen LogP contribution in [0.2, 0.25) is 0 Å². The Bertz CT molecular complexity index is 1100. The van der Waals surface area contributed by atoms with Crippen molar-refractivity contribution in [1.82, 2.24) is 19.8 Å². The molecule has 0 aliphatic carbocycles. The second-order valence-electron chi connectivity index (χ2n) is 14.7. The summed E-state index contributed by atoms with van der Waals surface area (Å²) in [5.74, 6) is -3.08. The zero-order valence-corrected chi connectivity index (χ0v) is 29.3. The predicted octanol–water partition coefficient (Wildman–Crippen LogP) is 0.900. The maximum atomic E-state index is 13.9. The summed E-state index contributed by atoms with van der Waals surface area (Å²) in [4.78, 5) is 19.9. The first kappa shape index (κ1) is 38.8. The number of aliphatic hydroxyl groups excluding tert-OH is 2. The van der Waals surface area contributed by atoms with E-state index in [1.54, 1.807) is 51.6 Å². The molecule has 46 heavy (non-hydrogen) atoms. The van der Waals surface area contributed by atoms with Crippen molar-refractivity contribution >= 4 is 5.97 Å². The van der Waals surface area contributed by atoms with E-state index in [1.165, 1.54) is 13.3 Å². The molecule has 2 aliphatic rings. The molecule has 0 spiro atoms. The number of imidazole rings is 1. The summed E-state index contributed by atoms with van der Waals surface area (Å²) in [6, 6.07) is -0.859. The van der Waals surface area contributed by atoms with Crippen molar-refractivity contribution in [3.05, 3.63) is 18.7 Å². The summed E-state index contributed by atoms with van der Waals surface area (Å²) in [5, 5.41) is 62.2. The van der Waals surface area contributed by atoms with Crippen LogP contribution in [0.15, 0.2) is 18.7 Å². The van der Waals surface area contributed by atoms with Crippen LogP contribution < -0.4 is 5.32 Å². The maximum absolute atomic E-state index is 13.9. The van der Waals surface area contributed by atoms with Gasteiger partial charge in [-0.25, -0.2) is 4.98 Å². The molecule has 266 valence electrons. The number of esters is 1. The third kappa shape index (κ3) is 8.48. The number of rotatable bonds is 6. The lowest BCUT2D eigenvalue weighted by Gasteiger charge is -2.49. The molecule has 6 N–H and O–H groups in total. The molecule has 3 rings (SSSR count). The van der Waals surface area contributed by atoms with Crippen LogP contribution in [-0.4, -0.2) is 132 Å². The van der Waals surface area contributed by atoms with E-state index < -0.39 is 71.4 Å². The fraction of sp³-hybridized carbons (Fsp3) is 0.879. The lowest BCUT2D eigenvalue weighted by molar-refractivity contribution is -0.305. The van der Waals surface area contributed by atoms with Crippen LogP contribution >= 0.6 is 0 Å². The number of nitrogens with one attached hydrogen (secondary N) is 1. The smallest absolute Gasteiger partial charge is 0.312 e. The molecule has 0 radical (unpaired) electrons. The van der Waals surface area contributed by atoms with Gasteiger partial charge in [0.2, 0.25) is 0 Å². The number of cyclic esters (lactones) is 1. The molecule has 0 bridgehead atoms. The van der Waals surface area contributed by atoms with E-state index in [2.05, 4.69) is 10.3 Å². The first-order valence-electron chi connectivity index (χ1n) is 16.7. The van der Waals surface area contributed by atoms with Crippen molar-refractivity contribution in [2.24, 2.45) is 17.8 Å². The fourth-order valence-corrected chi connectivity index (χ4v) is 7.36. The minimum Gasteiger partial charge on any atom is -0.459 e. The van der Waals surface area contributed by atoms with E-state index in [0.717, 1.165) is 0 Å². The minimum atomic E-state index is -1.89. The highest BCUT2D eigenvalue weighted by Crippen LogP contribution is 2.41. The zero-order chi connectivity index (χ0) is 34.8. The SMILES string of the molecule is CC[C@H]1OC(=O)C(C)[C@@](O)(Cn2ccnc2)[C@H](C)[C@@H](O[C@@H]2O[C@H](C)C[C@H](N(C)C)[C@H]2O)[C@@](C)(O)C[C@@H](C)CN[C@H](C)[C@@H](O)[C@]1(C)O. The van der Waals surface area contributed by atoms with Crippen molar-refractivity contribution in [2.75, 3.05) is 20.6 Å². The van der Waals surface area contributed by atoms with Gasteiger partial charge >= 0.3 is 5.97 Å². The molecule has 2 aliphatic heterocycles. The van der Waals surface area contributed by atoms with E-state index in [0.29, 0.717) is 13.0 Å². The molecule has 2 saturated heterocycles. The normalized spacial score (nSPS) is 45.6. The van der Waals surface area contributed by atoms with Gasteiger partial charge in [0.15, 0.2) is 6.29 Å². The van der Waals surface area contributed by atoms with Crippen LogP contribution in [0, 0.1) is 17.8 Å². The van der Waals surface area contributed by atoms with Crippen molar-refractivity contribution < 1.29 is 44.5 Å². The van der Waals surface area contributed by atoms with Gasteiger partial charge in [-0.2, -0.15) is 0 Å². The Morgan fingerprint density at radius 3 is 2.35 bits per heavy atom. The van der Waals surface area contributed by atoms with Gasteiger partial charge in [-0.3, -0.25) is 4.79 Å². The van der Waals surface area contributed by atoms with Gasteiger partial charge < -0.3 is 54.5 Å². The molecule has 0 aromatic carbocycles. The highest BCUT2D eigenvalue weighted by Gasteiger charge is 2.55. The molecule has 3 heterocycles. The first-order valence-corrected chi connectivity index (χ1v) is 16.7. The quantitative estimate of drug-likeness (QED) is 0.239. The Labute approximate surface area is 274 Å². The third-order valence-corrected chi connectivity index (χ3v) is 10.4. The number of aliphatic hydroxyl groups is 5. The molecule has 1 aromatic rings. The van der Waals surface area contributed by atoms with Gasteiger partial charge in [0.1, 0.15) is 29.5 Å². The number of ether oxygens (including phenoxy) is 3. The molecule has 1 unspecified atom stereocenters. The van der Waals surface area contributed by atoms with Gasteiger partial charge in [0.25, 0.3) is 0 Å². The van der Waals surface area contributed by atoms with Gasteiger partial charge in [-0.1, -0.05) is 20.8 Å². The van der Waals surface area contributed by atoms with Crippen molar-refractivity contribution in [3.63, 3.8) is 0 Å². The standard InChI is InChI=1S/C33H60N4O9/c1-11-25-32(8,42)27(39)23(6)35-16-19(2)15-31(7,41)28(46-30-26(38)24(36(9)10)14-20(3)44-30)21(4)33(43,22(5)29(40)45-25)17-37-13-12-34-18-37/h12-13,18-28,30,35,38-39,41-43H,11,14-17H2,1-10H3/t19-,20-,21-,22?,23-,24+,25-,26-,27-,28-,30+,31+,32-,33-/m1/s1. The van der Waals surface area contributed by atoms with Gasteiger partial charge in [0, 0.05) is 30.4 Å². The number of hydrogen-bond acceptors (Lipinski definition) is 12. The van der Waals surface area contributed by atoms with Crippen molar-refractivity contribution in [2.45, 2.75) is 147 Å². The topological polar surface area (TPSA) is 179 Å². The van der Waals surface area contributed by atoms with E-state index in [4.69, 9.17) is 14.2 Å². The van der Waals surface area contributed by atoms with Crippen LogP contribution in [-0.2, 0) is 25.5 Å². The Morgan fingerprint density at radius 2 is 1.78 bits per heavy atom. The Kier molecular flexibility index (Phi) is 12.9. The predicted molar refractivity (Wildman–Crippen MR) is 171 cm³/mol. The number of likely N-dealkylation sites (N-methyl/N-ethyl adjacent to an activating group) is 1. The zero-order valence-electron chi connectivity index (χ0n) is 29.3.